The molecule has 0 aromatic rings. The zero-order valence-corrected chi connectivity index (χ0v) is 52.8. The Labute approximate surface area is 520 Å². The maximum Gasteiger partial charge on any atom is 0.511 e. The highest BCUT2D eigenvalue weighted by Crippen LogP contribution is 2.39. The first-order chi connectivity index (χ1) is 42.0. The fourth-order valence-electron chi connectivity index (χ4n) is 12.9. The summed E-state index contributed by atoms with van der Waals surface area (Å²) in [5.74, 6) is -12.1. The normalized spacial score (nSPS) is 43.1. The van der Waals surface area contributed by atoms with Crippen LogP contribution in [0.2, 0.25) is 0 Å². The number of carbonyl (C=O) groups is 6. The number of aliphatic hydroxyl groups excluding tert-OH is 8. The van der Waals surface area contributed by atoms with Crippen molar-refractivity contribution in [1.82, 2.24) is 4.90 Å². The molecule has 5 heterocycles. The van der Waals surface area contributed by atoms with E-state index in [2.05, 4.69) is 0 Å². The Balaban J connectivity index is 1.20. The van der Waals surface area contributed by atoms with Crippen LogP contribution in [0.4, 0.5) is 4.79 Å². The molecule has 26 heteroatoms. The van der Waals surface area contributed by atoms with Crippen LogP contribution in [0.15, 0.2) is 47.6 Å². The predicted molar refractivity (Wildman–Crippen MR) is 312 cm³/mol. The van der Waals surface area contributed by atoms with Crippen LogP contribution in [-0.2, 0) is 71.3 Å². The van der Waals surface area contributed by atoms with E-state index in [1.807, 2.05) is 44.2 Å². The van der Waals surface area contributed by atoms with Gasteiger partial charge in [0.15, 0.2) is 24.5 Å². The van der Waals surface area contributed by atoms with E-state index < -0.39 is 176 Å². The van der Waals surface area contributed by atoms with Gasteiger partial charge in [0, 0.05) is 58.5 Å². The van der Waals surface area contributed by atoms with Gasteiger partial charge in [-0.15, -0.1) is 0 Å². The molecule has 5 aliphatic heterocycles. The van der Waals surface area contributed by atoms with Crippen LogP contribution >= 0.6 is 0 Å². The van der Waals surface area contributed by atoms with Crippen molar-refractivity contribution in [3.8, 4) is 0 Å². The lowest BCUT2D eigenvalue weighted by Gasteiger charge is -2.46. The van der Waals surface area contributed by atoms with Crippen LogP contribution in [0.25, 0.3) is 0 Å². The summed E-state index contributed by atoms with van der Waals surface area (Å²) in [5, 5.41) is 96.3. The minimum Gasteiger partial charge on any atom is -0.460 e. The molecule has 0 radical (unpaired) electrons. The number of piperidine rings is 1. The number of hydrogen-bond donors (Lipinski definition) is 9. The summed E-state index contributed by atoms with van der Waals surface area (Å²) in [4.78, 5) is 86.5. The summed E-state index contributed by atoms with van der Waals surface area (Å²) >= 11 is 0. The highest BCUT2D eigenvalue weighted by Gasteiger charge is 2.57. The van der Waals surface area contributed by atoms with E-state index in [9.17, 15) is 74.7 Å². The monoisotopic (exact) mass is 1270 g/mol. The molecule has 2 bridgehead atoms. The third-order valence-electron chi connectivity index (χ3n) is 18.7. The van der Waals surface area contributed by atoms with Crippen molar-refractivity contribution in [2.75, 3.05) is 41.1 Å². The molecular weight excluding hydrogens is 1170 g/mol. The SMILES string of the molecule is CO[C@H]1C[C@@H]2CC[C@@H](C)[C@@](O)(O2)C(=O)C(=O)N2CCCCC2C(=O)O[C@H]([C@H](C)CC2CC[C@@H](OC(=O)O[C@@]3(CO)OCC(OC4O[C@H](O)[C@@H](O)[C@H](O)[C@H]4O)[C@@H](O)[C@@H]3O)[C@H](OC)C2)CC(=O)[C@H](C)/C=C(\C)[C@@H](O)[C@@H](OC)C(=O)[C@H](C)C[C@H](C)/C=C/C=C/C=C/1C. The zero-order valence-electron chi connectivity index (χ0n) is 52.8. The molecule has 26 nitrogen and oxygen atoms in total. The van der Waals surface area contributed by atoms with E-state index in [0.29, 0.717) is 50.5 Å². The molecule has 6 rings (SSSR count). The van der Waals surface area contributed by atoms with Gasteiger partial charge >= 0.3 is 12.1 Å². The number of carbonyl (C=O) groups excluding carboxylic acids is 6. The molecule has 89 heavy (non-hydrogen) atoms. The van der Waals surface area contributed by atoms with Crippen LogP contribution < -0.4 is 0 Å². The second-order valence-electron chi connectivity index (χ2n) is 25.3. The van der Waals surface area contributed by atoms with Crippen molar-refractivity contribution < 1.29 is 122 Å². The van der Waals surface area contributed by atoms with Crippen molar-refractivity contribution in [2.24, 2.45) is 35.5 Å². The molecule has 6 aliphatic rings. The molecule has 9 N–H and O–H groups in total. The molecule has 1 aliphatic carbocycles. The van der Waals surface area contributed by atoms with Gasteiger partial charge in [0.25, 0.3) is 17.5 Å². The lowest BCUT2D eigenvalue weighted by molar-refractivity contribution is -0.382. The largest absolute Gasteiger partial charge is 0.511 e. The topological polar surface area (TPSA) is 380 Å². The molecular formula is C63H97NO25. The van der Waals surface area contributed by atoms with Gasteiger partial charge in [0.2, 0.25) is 5.79 Å². The van der Waals surface area contributed by atoms with Gasteiger partial charge in [-0.1, -0.05) is 71.1 Å². The van der Waals surface area contributed by atoms with Gasteiger partial charge in [-0.3, -0.25) is 19.2 Å². The number of ether oxygens (including phenoxy) is 10. The highest BCUT2D eigenvalue weighted by atomic mass is 16.8. The van der Waals surface area contributed by atoms with Crippen LogP contribution in [0, 0.1) is 35.5 Å². The molecule has 0 aromatic carbocycles. The number of nitrogens with zero attached hydrogens (tertiary/aromatic N) is 1. The molecule has 5 fully saturated rings. The molecule has 24 atom stereocenters. The summed E-state index contributed by atoms with van der Waals surface area (Å²) in [6, 6.07) is -1.28. The summed E-state index contributed by atoms with van der Waals surface area (Å²) < 4.78 is 56.7. The van der Waals surface area contributed by atoms with Crippen molar-refractivity contribution in [3.63, 3.8) is 0 Å². The number of hydrogen-bond acceptors (Lipinski definition) is 25. The van der Waals surface area contributed by atoms with E-state index >= 15 is 0 Å². The number of ketones is 3. The molecule has 504 valence electrons. The van der Waals surface area contributed by atoms with Gasteiger partial charge in [0.05, 0.1) is 24.9 Å². The van der Waals surface area contributed by atoms with Gasteiger partial charge in [0.1, 0.15) is 73.4 Å². The number of cyclic esters (lactones) is 1. The Morgan fingerprint density at radius 1 is 0.787 bits per heavy atom. The van der Waals surface area contributed by atoms with Crippen molar-refractivity contribution in [3.05, 3.63) is 47.6 Å². The van der Waals surface area contributed by atoms with E-state index in [1.54, 1.807) is 41.7 Å². The second kappa shape index (κ2) is 32.9. The average molecular weight is 1270 g/mol. The van der Waals surface area contributed by atoms with E-state index in [-0.39, 0.29) is 56.3 Å². The summed E-state index contributed by atoms with van der Waals surface area (Å²) in [6.07, 6.45) is -9.17. The average Bonchev–Trinajstić information content (AvgIpc) is 1.09. The van der Waals surface area contributed by atoms with Gasteiger partial charge in [-0.2, -0.15) is 0 Å². The van der Waals surface area contributed by atoms with Gasteiger partial charge in [-0.05, 0) is 107 Å². The first-order valence-corrected chi connectivity index (χ1v) is 31.1. The predicted octanol–water partition coefficient (Wildman–Crippen LogP) is 1.92. The fourth-order valence-corrected chi connectivity index (χ4v) is 12.9. The van der Waals surface area contributed by atoms with Crippen molar-refractivity contribution in [1.29, 1.82) is 0 Å². The zero-order chi connectivity index (χ0) is 65.8. The quantitative estimate of drug-likeness (QED) is 0.0810. The lowest BCUT2D eigenvalue weighted by atomic mass is 9.78. The van der Waals surface area contributed by atoms with Gasteiger partial charge in [-0.25, -0.2) is 9.59 Å². The number of aliphatic hydroxyl groups is 9. The Bertz CT molecular complexity index is 2520. The number of Topliss-reactive ketones (excluding diaryl/α,β-unsaturated/α-hetero) is 3. The van der Waals surface area contributed by atoms with E-state index in [4.69, 9.17) is 47.4 Å². The number of methoxy groups -OCH3 is 3. The van der Waals surface area contributed by atoms with Crippen LogP contribution in [0.3, 0.4) is 0 Å². The third-order valence-corrected chi connectivity index (χ3v) is 18.7. The number of rotatable bonds is 11. The summed E-state index contributed by atoms with van der Waals surface area (Å²) in [7, 11) is 4.26. The van der Waals surface area contributed by atoms with E-state index in [0.717, 1.165) is 10.5 Å². The minimum atomic E-state index is -2.60. The molecule has 1 saturated carbocycles. The number of fused-ring (bicyclic) bond motifs is 3. The molecule has 0 spiro atoms. The number of allylic oxidation sites excluding steroid dienone is 6. The summed E-state index contributed by atoms with van der Waals surface area (Å²) in [5.41, 5.74) is 1.12. The molecule has 0 aromatic heterocycles. The van der Waals surface area contributed by atoms with E-state index in [1.165, 1.54) is 20.3 Å². The van der Waals surface area contributed by atoms with Crippen LogP contribution in [0.5, 0.6) is 0 Å². The molecule has 1 amide bonds. The van der Waals surface area contributed by atoms with Crippen LogP contribution in [0.1, 0.15) is 126 Å². The maximum absolute atomic E-state index is 14.7. The third kappa shape index (κ3) is 18.0. The maximum atomic E-state index is 14.7. The Morgan fingerprint density at radius 2 is 1.51 bits per heavy atom. The minimum absolute atomic E-state index is 0.0148. The Kier molecular flexibility index (Phi) is 27.2. The summed E-state index contributed by atoms with van der Waals surface area (Å²) in [6.45, 7) is 10.3. The first kappa shape index (κ1) is 73.6. The fraction of sp³-hybridized carbons (Fsp3) is 0.778. The second-order valence-corrected chi connectivity index (χ2v) is 25.3. The standard InChI is InChI=1S/C63H97NO25/c1-32-16-12-11-13-17-33(2)44(80-8)28-40-21-19-38(7)63(79,88-40)56(74)57(75)64-23-15-14-18-41(64)58(76)84-45(29-42(66)34(3)25-37(6)49(68)54(82-10)48(67)36(5)24-32)35(4)26-39-20-22-43(46(27-39)81-9)86-61(78)89-62(31-65)55(73)50(69)47(30-83-62)85-60-53(72)51(70)52(71)59(77)87-60/h11-13,16-17,25,32,34-36,38-41,43-47,49-55,59-60,65,68-73,77,79H,14-15,18-24,26-31H2,1-10H3/b13-11+,16-12+,33-17+,37-25+/t32-,34-,35-,36-,38-,39?,40+,41?,43-,44+,45+,46-,47?,49-,50-,51+,52+,53-,54+,55+,59+,60?,62-,63-/m1/s1. The lowest BCUT2D eigenvalue weighted by Crippen LogP contribution is -2.66. The van der Waals surface area contributed by atoms with Crippen molar-refractivity contribution >= 4 is 35.4 Å². The Hall–Kier alpha value is -4.46. The number of esters is 1. The molecule has 4 saturated heterocycles. The Morgan fingerprint density at radius 3 is 2.18 bits per heavy atom. The smallest absolute Gasteiger partial charge is 0.460 e. The first-order valence-electron chi connectivity index (χ1n) is 31.1. The number of amides is 1. The van der Waals surface area contributed by atoms with Crippen molar-refractivity contribution in [2.45, 2.75) is 235 Å². The van der Waals surface area contributed by atoms with Gasteiger partial charge < -0.3 is 98.2 Å². The highest BCUT2D eigenvalue weighted by molar-refractivity contribution is 6.39. The van der Waals surface area contributed by atoms with Crippen LogP contribution in [-0.4, -0.2) is 237 Å². The molecule has 4 unspecified atom stereocenters.